The van der Waals surface area contributed by atoms with Crippen LogP contribution in [0.25, 0.3) is 0 Å². The molecule has 0 aliphatic carbocycles. The van der Waals surface area contributed by atoms with Crippen LogP contribution in [0.5, 0.6) is 0 Å². The summed E-state index contributed by atoms with van der Waals surface area (Å²) in [7, 11) is 0. The molecule has 0 aliphatic heterocycles. The number of esters is 4. The average molecular weight is 1200 g/mol. The molecule has 0 bridgehead atoms. The first-order valence-corrected chi connectivity index (χ1v) is 38.1. The number of unbranched alkanes of at least 4 members (excludes halogenated alkanes) is 48. The third-order valence-electron chi connectivity index (χ3n) is 18.7. The first-order valence-electron chi connectivity index (χ1n) is 38.1. The molecule has 0 aliphatic rings. The lowest BCUT2D eigenvalue weighted by atomic mass is 9.91. The van der Waals surface area contributed by atoms with Gasteiger partial charge in [-0.3, -0.25) is 19.2 Å². The van der Waals surface area contributed by atoms with Gasteiger partial charge in [-0.1, -0.05) is 389 Å². The normalized spacial score (nSPS) is 13.7. The lowest BCUT2D eigenvalue weighted by molar-refractivity contribution is -0.175. The second-order valence-corrected chi connectivity index (χ2v) is 27.7. The third-order valence-corrected chi connectivity index (χ3v) is 18.7. The number of carbonyl (C=O) groups is 4. The molecule has 0 N–H and O–H groups in total. The van der Waals surface area contributed by atoms with Crippen LogP contribution < -0.4 is 0 Å². The summed E-state index contributed by atoms with van der Waals surface area (Å²) in [5.41, 5.74) is -1.26. The van der Waals surface area contributed by atoms with Gasteiger partial charge in [0.15, 0.2) is 0 Å². The number of hydrogen-bond donors (Lipinski definition) is 0. The van der Waals surface area contributed by atoms with Crippen molar-refractivity contribution in [3.8, 4) is 0 Å². The molecule has 0 aromatic heterocycles. The molecule has 4 atom stereocenters. The Balaban J connectivity index is 5.81. The molecule has 8 heteroatoms. The van der Waals surface area contributed by atoms with Gasteiger partial charge in [0, 0.05) is 0 Å². The Morgan fingerprint density at radius 3 is 0.459 bits per heavy atom. The van der Waals surface area contributed by atoms with Crippen LogP contribution in [-0.4, -0.2) is 50.3 Å². The molecule has 0 aromatic carbocycles. The van der Waals surface area contributed by atoms with E-state index < -0.39 is 5.41 Å². The summed E-state index contributed by atoms with van der Waals surface area (Å²) in [6, 6.07) is 0. The van der Waals surface area contributed by atoms with Crippen molar-refractivity contribution in [3.63, 3.8) is 0 Å². The lowest BCUT2D eigenvalue weighted by Gasteiger charge is -2.33. The SMILES string of the molecule is CCCCCCCCCCCCCCCC(C)C(=O)OCC(COC(=O)C(C)CCCCCCCCCCCCCCC)(COC(=O)C(C)CCCCCCCCCCCCCCC)COC(=O)C(C)CCCCCCCCCCCCCCC. The Bertz CT molecular complexity index is 1230. The Hall–Kier alpha value is -2.12. The summed E-state index contributed by atoms with van der Waals surface area (Å²) in [6.45, 7) is 16.1. The van der Waals surface area contributed by atoms with Gasteiger partial charge in [0.05, 0.1) is 23.7 Å². The Kier molecular flexibility index (Phi) is 61.9. The fourth-order valence-electron chi connectivity index (χ4n) is 12.1. The van der Waals surface area contributed by atoms with Crippen molar-refractivity contribution in [2.75, 3.05) is 26.4 Å². The maximum Gasteiger partial charge on any atom is 0.308 e. The molecule has 0 saturated heterocycles. The van der Waals surface area contributed by atoms with Crippen LogP contribution in [0, 0.1) is 29.1 Å². The zero-order chi connectivity index (χ0) is 62.4. The molecule has 0 amide bonds. The van der Waals surface area contributed by atoms with Crippen LogP contribution in [0.15, 0.2) is 0 Å². The lowest BCUT2D eigenvalue weighted by Crippen LogP contribution is -2.45. The van der Waals surface area contributed by atoms with Gasteiger partial charge < -0.3 is 18.9 Å². The van der Waals surface area contributed by atoms with E-state index in [4.69, 9.17) is 18.9 Å². The van der Waals surface area contributed by atoms with Crippen LogP contribution in [0.4, 0.5) is 0 Å². The third kappa shape index (κ3) is 54.5. The molecule has 504 valence electrons. The quantitative estimate of drug-likeness (QED) is 0.0337. The van der Waals surface area contributed by atoms with Gasteiger partial charge in [0.25, 0.3) is 0 Å². The Morgan fingerprint density at radius 1 is 0.212 bits per heavy atom. The van der Waals surface area contributed by atoms with Crippen LogP contribution in [0.2, 0.25) is 0 Å². The Morgan fingerprint density at radius 2 is 0.329 bits per heavy atom. The number of hydrogen-bond acceptors (Lipinski definition) is 8. The molecule has 0 radical (unpaired) electrons. The molecule has 8 nitrogen and oxygen atoms in total. The molecule has 85 heavy (non-hydrogen) atoms. The van der Waals surface area contributed by atoms with E-state index in [2.05, 4.69) is 27.7 Å². The Labute approximate surface area is 530 Å². The molecule has 0 heterocycles. The van der Waals surface area contributed by atoms with Gasteiger partial charge in [-0.25, -0.2) is 0 Å². The topological polar surface area (TPSA) is 105 Å². The van der Waals surface area contributed by atoms with E-state index in [0.29, 0.717) is 0 Å². The first kappa shape index (κ1) is 82.9. The predicted molar refractivity (Wildman–Crippen MR) is 364 cm³/mol. The zero-order valence-electron chi connectivity index (χ0n) is 58.5. The van der Waals surface area contributed by atoms with E-state index >= 15 is 0 Å². The molecule has 0 saturated carbocycles. The van der Waals surface area contributed by atoms with Crippen molar-refractivity contribution in [1.82, 2.24) is 0 Å². The summed E-state index contributed by atoms with van der Waals surface area (Å²) in [6.07, 6.45) is 69.0. The van der Waals surface area contributed by atoms with E-state index in [1.165, 1.54) is 283 Å². The van der Waals surface area contributed by atoms with Crippen molar-refractivity contribution >= 4 is 23.9 Å². The molecule has 0 fully saturated rings. The molecule has 0 aromatic rings. The largest absolute Gasteiger partial charge is 0.464 e. The minimum absolute atomic E-state index is 0.184. The second-order valence-electron chi connectivity index (χ2n) is 27.7. The van der Waals surface area contributed by atoms with Crippen LogP contribution in [0.1, 0.15) is 415 Å². The van der Waals surface area contributed by atoms with Crippen LogP contribution in [-0.2, 0) is 38.1 Å². The average Bonchev–Trinajstić information content (AvgIpc) is 3.61. The zero-order valence-corrected chi connectivity index (χ0v) is 58.5. The van der Waals surface area contributed by atoms with E-state index in [-0.39, 0.29) is 74.0 Å². The fourth-order valence-corrected chi connectivity index (χ4v) is 12.1. The van der Waals surface area contributed by atoms with Gasteiger partial charge in [-0.15, -0.1) is 0 Å². The molecule has 0 spiro atoms. The highest BCUT2D eigenvalue weighted by Crippen LogP contribution is 2.27. The standard InChI is InChI=1S/C77H148O8/c1-9-13-17-21-25-29-33-37-41-45-49-53-57-61-69(5)73(78)82-65-77(66-83-74(79)70(6)62-58-54-50-46-42-38-34-30-26-22-18-14-10-2,67-84-75(80)71(7)63-59-55-51-47-43-39-35-31-27-23-19-15-11-3)68-85-76(81)72(8)64-60-56-52-48-44-40-36-32-28-24-20-16-12-4/h69-72H,9-68H2,1-8H3. The molecule has 4 unspecified atom stereocenters. The van der Waals surface area contributed by atoms with Gasteiger partial charge in [0.1, 0.15) is 31.8 Å². The smallest absolute Gasteiger partial charge is 0.308 e. The highest BCUT2D eigenvalue weighted by Gasteiger charge is 2.39. The van der Waals surface area contributed by atoms with Crippen LogP contribution >= 0.6 is 0 Å². The number of ether oxygens (including phenoxy) is 4. The van der Waals surface area contributed by atoms with E-state index in [9.17, 15) is 19.2 Å². The van der Waals surface area contributed by atoms with Crippen molar-refractivity contribution in [1.29, 1.82) is 0 Å². The highest BCUT2D eigenvalue weighted by molar-refractivity contribution is 5.74. The number of rotatable bonds is 68. The number of carbonyl (C=O) groups excluding carboxylic acids is 4. The highest BCUT2D eigenvalue weighted by atomic mass is 16.6. The minimum Gasteiger partial charge on any atom is -0.464 e. The van der Waals surface area contributed by atoms with Gasteiger partial charge in [-0.2, -0.15) is 0 Å². The molecule has 0 rings (SSSR count). The van der Waals surface area contributed by atoms with Gasteiger partial charge in [-0.05, 0) is 25.7 Å². The summed E-state index contributed by atoms with van der Waals surface area (Å²) in [5.74, 6) is -2.58. The molecular weight excluding hydrogens is 1050 g/mol. The van der Waals surface area contributed by atoms with Crippen molar-refractivity contribution in [3.05, 3.63) is 0 Å². The van der Waals surface area contributed by atoms with E-state index in [0.717, 1.165) is 77.0 Å². The molecular formula is C77H148O8. The summed E-state index contributed by atoms with van der Waals surface area (Å²) in [4.78, 5) is 55.4. The van der Waals surface area contributed by atoms with Crippen molar-refractivity contribution < 1.29 is 38.1 Å². The summed E-state index contributed by atoms with van der Waals surface area (Å²) in [5, 5.41) is 0. The van der Waals surface area contributed by atoms with Gasteiger partial charge >= 0.3 is 23.9 Å². The van der Waals surface area contributed by atoms with Crippen molar-refractivity contribution in [2.45, 2.75) is 415 Å². The van der Waals surface area contributed by atoms with Crippen LogP contribution in [0.3, 0.4) is 0 Å². The monoisotopic (exact) mass is 1200 g/mol. The first-order chi connectivity index (χ1) is 41.5. The predicted octanol–water partition coefficient (Wildman–Crippen LogP) is 24.6. The summed E-state index contributed by atoms with van der Waals surface area (Å²) < 4.78 is 24.6. The van der Waals surface area contributed by atoms with E-state index in [1.54, 1.807) is 0 Å². The maximum atomic E-state index is 13.8. The maximum absolute atomic E-state index is 13.8. The van der Waals surface area contributed by atoms with Gasteiger partial charge in [0.2, 0.25) is 0 Å². The van der Waals surface area contributed by atoms with E-state index in [1.807, 2.05) is 27.7 Å². The van der Waals surface area contributed by atoms with Crippen molar-refractivity contribution in [2.24, 2.45) is 29.1 Å². The summed E-state index contributed by atoms with van der Waals surface area (Å²) >= 11 is 0. The second kappa shape index (κ2) is 63.4. The minimum atomic E-state index is -1.26. The fraction of sp³-hybridized carbons (Fsp3) is 0.948.